The number of halogens is 3. The van der Waals surface area contributed by atoms with E-state index in [9.17, 15) is 18.0 Å². The van der Waals surface area contributed by atoms with Crippen molar-refractivity contribution in [3.63, 3.8) is 0 Å². The van der Waals surface area contributed by atoms with Gasteiger partial charge in [0.1, 0.15) is 17.5 Å². The molecule has 4 nitrogen and oxygen atoms in total. The number of hydrogen-bond acceptors (Lipinski definition) is 3. The summed E-state index contributed by atoms with van der Waals surface area (Å²) in [6.45, 7) is 0. The van der Waals surface area contributed by atoms with Crippen LogP contribution in [0.15, 0.2) is 54.9 Å². The number of benzene rings is 2. The molecule has 0 saturated carbocycles. The lowest BCUT2D eigenvalue weighted by atomic mass is 9.82. The van der Waals surface area contributed by atoms with E-state index in [1.54, 1.807) is 24.5 Å². The van der Waals surface area contributed by atoms with Crippen molar-refractivity contribution in [1.29, 1.82) is 0 Å². The first-order valence-corrected chi connectivity index (χ1v) is 9.10. The topological polar surface area (TPSA) is 47.3 Å². The Bertz CT molecular complexity index is 1240. The monoisotopic (exact) mass is 393 g/mol. The fraction of sp³-hybridized carbons (Fsp3) is 0.136. The van der Waals surface area contributed by atoms with Crippen LogP contribution in [0.1, 0.15) is 34.0 Å². The summed E-state index contributed by atoms with van der Waals surface area (Å²) in [4.78, 5) is 17.3. The molecule has 1 aliphatic carbocycles. The maximum absolute atomic E-state index is 13.6. The minimum Gasteiger partial charge on any atom is -0.294 e. The third-order valence-corrected chi connectivity index (χ3v) is 5.26. The number of rotatable bonds is 2. The smallest absolute Gasteiger partial charge is 0.166 e. The molecule has 1 aliphatic rings. The highest BCUT2D eigenvalue weighted by molar-refractivity contribution is 5.99. The van der Waals surface area contributed by atoms with Crippen molar-refractivity contribution in [2.24, 2.45) is 0 Å². The van der Waals surface area contributed by atoms with E-state index in [1.165, 1.54) is 28.8 Å². The first-order chi connectivity index (χ1) is 14.0. The number of nitrogens with zero attached hydrogens (tertiary/aromatic N) is 3. The van der Waals surface area contributed by atoms with Gasteiger partial charge in [0.05, 0.1) is 17.5 Å². The number of carbonyl (C=O) groups is 1. The van der Waals surface area contributed by atoms with Crippen molar-refractivity contribution in [3.05, 3.63) is 89.1 Å². The fourth-order valence-electron chi connectivity index (χ4n) is 3.85. The zero-order chi connectivity index (χ0) is 20.1. The lowest BCUT2D eigenvalue weighted by Crippen LogP contribution is -2.21. The maximum Gasteiger partial charge on any atom is 0.166 e. The fourth-order valence-corrected chi connectivity index (χ4v) is 3.85. The van der Waals surface area contributed by atoms with Crippen LogP contribution in [0.5, 0.6) is 0 Å². The van der Waals surface area contributed by atoms with Gasteiger partial charge in [-0.15, -0.1) is 0 Å². The molecule has 0 spiro atoms. The van der Waals surface area contributed by atoms with Crippen LogP contribution in [0.25, 0.3) is 16.8 Å². The summed E-state index contributed by atoms with van der Waals surface area (Å²) >= 11 is 0. The molecule has 0 bridgehead atoms. The number of Topliss-reactive ketones (excluding diaryl/α,β-unsaturated/α-hetero) is 1. The SMILES string of the molecule is O=C1CC(c2cc(F)cc(F)c2)Cc2nc3c(-c4ccc(F)cc4)cnn3cc21. The van der Waals surface area contributed by atoms with Gasteiger partial charge in [-0.2, -0.15) is 5.10 Å². The van der Waals surface area contributed by atoms with Crippen molar-refractivity contribution in [1.82, 2.24) is 14.6 Å². The van der Waals surface area contributed by atoms with E-state index in [1.807, 2.05) is 0 Å². The number of carbonyl (C=O) groups excluding carboxylic acids is 1. The van der Waals surface area contributed by atoms with Crippen molar-refractivity contribution in [2.75, 3.05) is 0 Å². The Morgan fingerprint density at radius 2 is 1.62 bits per heavy atom. The molecule has 0 N–H and O–H groups in total. The van der Waals surface area contributed by atoms with E-state index in [-0.39, 0.29) is 23.9 Å². The minimum absolute atomic E-state index is 0.144. The molecular weight excluding hydrogens is 379 g/mol. The van der Waals surface area contributed by atoms with Gasteiger partial charge in [0, 0.05) is 24.2 Å². The second-order valence-electron chi connectivity index (χ2n) is 7.17. The Morgan fingerprint density at radius 1 is 0.897 bits per heavy atom. The Labute approximate surface area is 163 Å². The summed E-state index contributed by atoms with van der Waals surface area (Å²) in [7, 11) is 0. The molecule has 0 radical (unpaired) electrons. The highest BCUT2D eigenvalue weighted by atomic mass is 19.1. The molecule has 0 amide bonds. The predicted octanol–water partition coefficient (Wildman–Crippen LogP) is 4.73. The van der Waals surface area contributed by atoms with Crippen LogP contribution in [0.2, 0.25) is 0 Å². The van der Waals surface area contributed by atoms with Crippen molar-refractivity contribution in [2.45, 2.75) is 18.8 Å². The maximum atomic E-state index is 13.6. The standard InChI is InChI=1S/C22H14F3N3O/c23-15-3-1-12(2-4-15)18-10-26-28-11-19-20(27-22(18)28)7-14(8-21(19)29)13-5-16(24)9-17(25)6-13/h1-6,9-11,14H,7-8H2. The van der Waals surface area contributed by atoms with Gasteiger partial charge in [-0.25, -0.2) is 22.7 Å². The Hall–Kier alpha value is -3.48. The molecule has 2 aromatic carbocycles. The summed E-state index contributed by atoms with van der Waals surface area (Å²) < 4.78 is 42.0. The molecule has 29 heavy (non-hydrogen) atoms. The van der Waals surface area contributed by atoms with Crippen molar-refractivity contribution < 1.29 is 18.0 Å². The Morgan fingerprint density at radius 3 is 2.34 bits per heavy atom. The molecule has 7 heteroatoms. The summed E-state index contributed by atoms with van der Waals surface area (Å²) in [6, 6.07) is 9.31. The van der Waals surface area contributed by atoms with E-state index in [2.05, 4.69) is 10.1 Å². The summed E-state index contributed by atoms with van der Waals surface area (Å²) in [5.41, 5.74) is 3.45. The number of ketones is 1. The van der Waals surface area contributed by atoms with Crippen LogP contribution in [-0.4, -0.2) is 20.4 Å². The Balaban J connectivity index is 1.59. The highest BCUT2D eigenvalue weighted by Gasteiger charge is 2.29. The molecule has 5 rings (SSSR count). The van der Waals surface area contributed by atoms with Gasteiger partial charge < -0.3 is 0 Å². The zero-order valence-corrected chi connectivity index (χ0v) is 15.1. The molecular formula is C22H14F3N3O. The van der Waals surface area contributed by atoms with E-state index in [4.69, 9.17) is 0 Å². The molecule has 0 aliphatic heterocycles. The van der Waals surface area contributed by atoms with Crippen LogP contribution in [0.3, 0.4) is 0 Å². The molecule has 144 valence electrons. The van der Waals surface area contributed by atoms with Crippen LogP contribution in [0, 0.1) is 17.5 Å². The number of hydrogen-bond donors (Lipinski definition) is 0. The molecule has 4 aromatic rings. The lowest BCUT2D eigenvalue weighted by molar-refractivity contribution is 0.0962. The van der Waals surface area contributed by atoms with Crippen LogP contribution >= 0.6 is 0 Å². The van der Waals surface area contributed by atoms with E-state index in [0.29, 0.717) is 34.5 Å². The zero-order valence-electron chi connectivity index (χ0n) is 15.1. The first-order valence-electron chi connectivity index (χ1n) is 9.10. The molecule has 0 fully saturated rings. The van der Waals surface area contributed by atoms with Crippen LogP contribution in [0.4, 0.5) is 13.2 Å². The van der Waals surface area contributed by atoms with Crippen molar-refractivity contribution >= 4 is 11.4 Å². The molecule has 2 aromatic heterocycles. The Kier molecular flexibility index (Phi) is 3.97. The van der Waals surface area contributed by atoms with Gasteiger partial charge in [-0.05, 0) is 47.7 Å². The summed E-state index contributed by atoms with van der Waals surface area (Å²) in [6.07, 6.45) is 3.78. The first kappa shape index (κ1) is 17.6. The van der Waals surface area contributed by atoms with Crippen LogP contribution < -0.4 is 0 Å². The van der Waals surface area contributed by atoms with Gasteiger partial charge >= 0.3 is 0 Å². The molecule has 0 saturated heterocycles. The number of aromatic nitrogens is 3. The average molecular weight is 393 g/mol. The van der Waals surface area contributed by atoms with E-state index in [0.717, 1.165) is 11.6 Å². The van der Waals surface area contributed by atoms with Gasteiger partial charge in [0.25, 0.3) is 0 Å². The summed E-state index contributed by atoms with van der Waals surface area (Å²) in [5.74, 6) is -2.18. The number of fused-ring (bicyclic) bond motifs is 2. The third-order valence-electron chi connectivity index (χ3n) is 5.26. The third kappa shape index (κ3) is 3.08. The normalized spacial score (nSPS) is 16.2. The average Bonchev–Trinajstić information content (AvgIpc) is 3.09. The largest absolute Gasteiger partial charge is 0.294 e. The molecule has 1 unspecified atom stereocenters. The molecule has 2 heterocycles. The summed E-state index contributed by atoms with van der Waals surface area (Å²) in [5, 5.41) is 4.27. The second kappa shape index (κ2) is 6.55. The van der Waals surface area contributed by atoms with E-state index >= 15 is 0 Å². The lowest BCUT2D eigenvalue weighted by Gasteiger charge is -2.23. The van der Waals surface area contributed by atoms with Gasteiger partial charge in [-0.1, -0.05) is 12.1 Å². The van der Waals surface area contributed by atoms with Gasteiger partial charge in [0.15, 0.2) is 11.4 Å². The van der Waals surface area contributed by atoms with Gasteiger partial charge in [0.2, 0.25) is 0 Å². The minimum atomic E-state index is -0.670. The van der Waals surface area contributed by atoms with E-state index < -0.39 is 11.6 Å². The molecule has 1 atom stereocenters. The second-order valence-corrected chi connectivity index (χ2v) is 7.17. The quantitative estimate of drug-likeness (QED) is 0.495. The van der Waals surface area contributed by atoms with Crippen molar-refractivity contribution in [3.8, 4) is 11.1 Å². The highest BCUT2D eigenvalue weighted by Crippen LogP contribution is 2.34. The predicted molar refractivity (Wildman–Crippen MR) is 100 cm³/mol. The van der Waals surface area contributed by atoms with Crippen LogP contribution in [-0.2, 0) is 6.42 Å². The van der Waals surface area contributed by atoms with Gasteiger partial charge in [-0.3, -0.25) is 4.79 Å².